The third-order valence-corrected chi connectivity index (χ3v) is 7.59. The van der Waals surface area contributed by atoms with Crippen LogP contribution in [-0.2, 0) is 14.3 Å². The van der Waals surface area contributed by atoms with Crippen LogP contribution >= 0.6 is 21.6 Å². The Labute approximate surface area is 224 Å². The molecule has 1 unspecified atom stereocenters. The van der Waals surface area contributed by atoms with E-state index in [1.165, 1.54) is 0 Å². The molecule has 2 amide bonds. The van der Waals surface area contributed by atoms with Crippen molar-refractivity contribution in [2.75, 3.05) is 53.1 Å². The first kappa shape index (κ1) is 32.1. The monoisotopic (exact) mass is 539 g/mol. The van der Waals surface area contributed by atoms with Crippen LogP contribution < -0.4 is 20.7 Å². The molecule has 0 spiro atoms. The van der Waals surface area contributed by atoms with E-state index < -0.39 is 0 Å². The predicted molar refractivity (Wildman–Crippen MR) is 149 cm³/mol. The molecular formula is C26H41N3O5S2. The quantitative estimate of drug-likeness (QED) is 0.127. The van der Waals surface area contributed by atoms with Gasteiger partial charge in [-0.2, -0.15) is 0 Å². The maximum absolute atomic E-state index is 12.3. The van der Waals surface area contributed by atoms with Crippen LogP contribution in [-0.4, -0.2) is 75.1 Å². The summed E-state index contributed by atoms with van der Waals surface area (Å²) < 4.78 is 17.4. The van der Waals surface area contributed by atoms with Crippen molar-refractivity contribution in [1.82, 2.24) is 16.0 Å². The third kappa shape index (κ3) is 16.7. The predicted octanol–water partition coefficient (Wildman–Crippen LogP) is 3.33. The van der Waals surface area contributed by atoms with Crippen molar-refractivity contribution in [1.29, 1.82) is 0 Å². The molecule has 1 aromatic carbocycles. The zero-order valence-corrected chi connectivity index (χ0v) is 23.9. The number of hydrogen-bond acceptors (Lipinski definition) is 8. The second-order valence-corrected chi connectivity index (χ2v) is 12.3. The van der Waals surface area contributed by atoms with Crippen molar-refractivity contribution in [3.63, 3.8) is 0 Å². The van der Waals surface area contributed by atoms with E-state index in [9.17, 15) is 9.59 Å². The molecule has 0 saturated carbocycles. The summed E-state index contributed by atoms with van der Waals surface area (Å²) in [5, 5.41) is 8.55. The molecule has 0 aliphatic heterocycles. The van der Waals surface area contributed by atoms with Gasteiger partial charge >= 0.3 is 0 Å². The topological polar surface area (TPSA) is 97.9 Å². The first-order chi connectivity index (χ1) is 17.1. The number of carbonyl (C=O) groups excluding carboxylic acids is 2. The molecule has 0 aliphatic rings. The molecule has 0 saturated heterocycles. The van der Waals surface area contributed by atoms with E-state index in [2.05, 4.69) is 48.6 Å². The van der Waals surface area contributed by atoms with Gasteiger partial charge in [0.25, 0.3) is 5.91 Å². The molecule has 3 N–H and O–H groups in total. The fourth-order valence-corrected chi connectivity index (χ4v) is 4.64. The van der Waals surface area contributed by atoms with Crippen molar-refractivity contribution in [2.45, 2.75) is 44.8 Å². The summed E-state index contributed by atoms with van der Waals surface area (Å²) in [6, 6.07) is 7.09. The van der Waals surface area contributed by atoms with Gasteiger partial charge in [0.1, 0.15) is 24.4 Å². The number of nitrogens with one attached hydrogen (secondary N) is 3. The van der Waals surface area contributed by atoms with Crippen LogP contribution in [0, 0.1) is 17.8 Å². The highest BCUT2D eigenvalue weighted by Gasteiger charge is 2.18. The van der Waals surface area contributed by atoms with Gasteiger partial charge in [-0.3, -0.25) is 9.59 Å². The van der Waals surface area contributed by atoms with Gasteiger partial charge in [0, 0.05) is 29.3 Å². The SMILES string of the molecule is CNCCNC(=O)c1cccc(OCC(OCCOCC(=O)NCC#CC(C)C)SSC(C)(C)C)c1. The van der Waals surface area contributed by atoms with E-state index >= 15 is 0 Å². The standard InChI is InChI=1S/C26H41N3O5S2/c1-20(2)9-8-12-28-23(30)18-32-15-16-33-24(35-36-26(3,4)5)19-34-22-11-7-10-21(17-22)25(31)29-14-13-27-6/h7,10-11,17,20,24,27H,12-16,18-19H2,1-6H3,(H,28,30)(H,29,31). The van der Waals surface area contributed by atoms with E-state index in [1.54, 1.807) is 39.8 Å². The first-order valence-corrected chi connectivity index (χ1v) is 14.3. The fraction of sp³-hybridized carbons (Fsp3) is 0.615. The molecule has 36 heavy (non-hydrogen) atoms. The van der Waals surface area contributed by atoms with Crippen LogP contribution in [0.1, 0.15) is 45.0 Å². The number of hydrogen-bond donors (Lipinski definition) is 3. The summed E-state index contributed by atoms with van der Waals surface area (Å²) in [6.45, 7) is 12.8. The minimum absolute atomic E-state index is 0.0407. The summed E-state index contributed by atoms with van der Waals surface area (Å²) in [4.78, 5) is 24.1. The number of rotatable bonds is 16. The van der Waals surface area contributed by atoms with Crippen LogP contribution in [0.4, 0.5) is 0 Å². The maximum Gasteiger partial charge on any atom is 0.251 e. The van der Waals surface area contributed by atoms with Crippen LogP contribution in [0.2, 0.25) is 0 Å². The molecule has 1 rings (SSSR count). The first-order valence-electron chi connectivity index (χ1n) is 12.1. The number of likely N-dealkylation sites (N-methyl/N-ethyl adjacent to an activating group) is 1. The van der Waals surface area contributed by atoms with Crippen molar-refractivity contribution >= 4 is 33.4 Å². The molecule has 8 nitrogen and oxygen atoms in total. The highest BCUT2D eigenvalue weighted by Crippen LogP contribution is 2.38. The van der Waals surface area contributed by atoms with Gasteiger partial charge in [0.05, 0.1) is 19.8 Å². The molecular weight excluding hydrogens is 498 g/mol. The van der Waals surface area contributed by atoms with E-state index in [-0.39, 0.29) is 41.1 Å². The lowest BCUT2D eigenvalue weighted by atomic mass is 10.2. The lowest BCUT2D eigenvalue weighted by Crippen LogP contribution is -2.30. The summed E-state index contributed by atoms with van der Waals surface area (Å²) in [6.07, 6.45) is 0. The fourth-order valence-electron chi connectivity index (χ4n) is 2.45. The van der Waals surface area contributed by atoms with Gasteiger partial charge in [-0.15, -0.1) is 0 Å². The lowest BCUT2D eigenvalue weighted by Gasteiger charge is -2.22. The second-order valence-electron chi connectivity index (χ2n) is 9.10. The zero-order valence-electron chi connectivity index (χ0n) is 22.3. The Hall–Kier alpha value is -1.90. The van der Waals surface area contributed by atoms with Crippen LogP contribution in [0.3, 0.4) is 0 Å². The summed E-state index contributed by atoms with van der Waals surface area (Å²) in [7, 11) is 5.12. The summed E-state index contributed by atoms with van der Waals surface area (Å²) in [5.41, 5.74) is 0.283. The molecule has 10 heteroatoms. The van der Waals surface area contributed by atoms with Gasteiger partial charge in [-0.25, -0.2) is 0 Å². The Morgan fingerprint density at radius 2 is 1.89 bits per heavy atom. The molecule has 0 fully saturated rings. The smallest absolute Gasteiger partial charge is 0.251 e. The van der Waals surface area contributed by atoms with Crippen LogP contribution in [0.15, 0.2) is 24.3 Å². The Kier molecular flexibility index (Phi) is 16.4. The lowest BCUT2D eigenvalue weighted by molar-refractivity contribution is -0.126. The maximum atomic E-state index is 12.3. The molecule has 1 atom stereocenters. The molecule has 0 aliphatic carbocycles. The van der Waals surface area contributed by atoms with Gasteiger partial charge < -0.3 is 30.2 Å². The van der Waals surface area contributed by atoms with Gasteiger partial charge in [-0.05, 0) is 25.2 Å². The Morgan fingerprint density at radius 1 is 1.11 bits per heavy atom. The molecule has 1 aromatic rings. The largest absolute Gasteiger partial charge is 0.490 e. The minimum atomic E-state index is -0.258. The highest BCUT2D eigenvalue weighted by atomic mass is 33.1. The highest BCUT2D eigenvalue weighted by molar-refractivity contribution is 8.77. The van der Waals surface area contributed by atoms with Gasteiger partial charge in [-0.1, -0.05) is 74.1 Å². The normalized spacial score (nSPS) is 12.0. The Balaban J connectivity index is 2.49. The third-order valence-electron chi connectivity index (χ3n) is 4.08. The molecule has 202 valence electrons. The van der Waals surface area contributed by atoms with Crippen LogP contribution in [0.5, 0.6) is 5.75 Å². The van der Waals surface area contributed by atoms with Crippen LogP contribution in [0.25, 0.3) is 0 Å². The summed E-state index contributed by atoms with van der Waals surface area (Å²) >= 11 is 0. The van der Waals surface area contributed by atoms with Crippen molar-refractivity contribution < 1.29 is 23.8 Å². The van der Waals surface area contributed by atoms with E-state index in [1.807, 2.05) is 27.0 Å². The minimum Gasteiger partial charge on any atom is -0.490 e. The molecule has 0 aromatic heterocycles. The van der Waals surface area contributed by atoms with Gasteiger partial charge in [0.2, 0.25) is 5.91 Å². The van der Waals surface area contributed by atoms with Crippen molar-refractivity contribution in [3.8, 4) is 17.6 Å². The number of ether oxygens (including phenoxy) is 3. The van der Waals surface area contributed by atoms with E-state index in [0.29, 0.717) is 44.2 Å². The second kappa shape index (κ2) is 18.4. The number of benzene rings is 1. The Morgan fingerprint density at radius 3 is 2.58 bits per heavy atom. The molecule has 0 heterocycles. The van der Waals surface area contributed by atoms with Crippen molar-refractivity contribution in [2.24, 2.45) is 5.92 Å². The average Bonchev–Trinajstić information content (AvgIpc) is 2.82. The van der Waals surface area contributed by atoms with Crippen molar-refractivity contribution in [3.05, 3.63) is 29.8 Å². The summed E-state index contributed by atoms with van der Waals surface area (Å²) in [5.74, 6) is 6.41. The van der Waals surface area contributed by atoms with Gasteiger partial charge in [0.15, 0.2) is 0 Å². The average molecular weight is 540 g/mol. The molecule has 0 radical (unpaired) electrons. The van der Waals surface area contributed by atoms with E-state index in [4.69, 9.17) is 14.2 Å². The number of amides is 2. The molecule has 0 bridgehead atoms. The Bertz CT molecular complexity index is 850. The number of carbonyl (C=O) groups is 2. The van der Waals surface area contributed by atoms with E-state index in [0.717, 1.165) is 0 Å². The zero-order chi connectivity index (χ0) is 26.8.